The standard InChI is InChI=1S/C19H21N3O3S/c23-17-3-1-2-13(6-17)7-18(24)21-8-14-4-5-16(10-21)22(19(14)25)9-15-11-26-12-20-15/h1-3,6,11-12,14,16,23H,4-5,7-10H2/t14-,16+/m1/s1. The molecule has 1 N–H and O–H groups in total. The van der Waals surface area contributed by atoms with Gasteiger partial charge < -0.3 is 14.9 Å². The predicted octanol–water partition coefficient (Wildman–Crippen LogP) is 2.04. The molecule has 2 amide bonds. The average molecular weight is 371 g/mol. The number of amides is 2. The first-order valence-electron chi connectivity index (χ1n) is 8.83. The number of fused-ring (bicyclic) bond motifs is 4. The lowest BCUT2D eigenvalue weighted by molar-refractivity contribution is -0.140. The summed E-state index contributed by atoms with van der Waals surface area (Å²) in [6.07, 6.45) is 2.01. The van der Waals surface area contributed by atoms with Crippen molar-refractivity contribution in [2.24, 2.45) is 5.92 Å². The number of aromatic nitrogens is 1. The van der Waals surface area contributed by atoms with E-state index in [-0.39, 0.29) is 35.9 Å². The molecule has 7 heteroatoms. The van der Waals surface area contributed by atoms with E-state index in [1.165, 1.54) is 11.3 Å². The van der Waals surface area contributed by atoms with Crippen LogP contribution in [0.3, 0.4) is 0 Å². The number of carbonyl (C=O) groups is 2. The Morgan fingerprint density at radius 1 is 1.31 bits per heavy atom. The minimum absolute atomic E-state index is 0.0100. The van der Waals surface area contributed by atoms with E-state index in [0.29, 0.717) is 19.6 Å². The zero-order chi connectivity index (χ0) is 18.1. The maximum Gasteiger partial charge on any atom is 0.228 e. The first-order valence-corrected chi connectivity index (χ1v) is 9.77. The van der Waals surface area contributed by atoms with Gasteiger partial charge in [-0.1, -0.05) is 12.1 Å². The molecule has 4 heterocycles. The Morgan fingerprint density at radius 2 is 2.19 bits per heavy atom. The van der Waals surface area contributed by atoms with E-state index in [9.17, 15) is 14.7 Å². The topological polar surface area (TPSA) is 73.7 Å². The van der Waals surface area contributed by atoms with Gasteiger partial charge in [-0.2, -0.15) is 0 Å². The van der Waals surface area contributed by atoms with Crippen LogP contribution >= 0.6 is 11.3 Å². The molecule has 2 bridgehead atoms. The van der Waals surface area contributed by atoms with Crippen molar-refractivity contribution >= 4 is 23.2 Å². The van der Waals surface area contributed by atoms with Gasteiger partial charge in [0.1, 0.15) is 5.75 Å². The van der Waals surface area contributed by atoms with Crippen molar-refractivity contribution in [3.05, 3.63) is 46.4 Å². The van der Waals surface area contributed by atoms with Gasteiger partial charge in [0.2, 0.25) is 11.8 Å². The molecule has 1 aromatic carbocycles. The lowest BCUT2D eigenvalue weighted by Gasteiger charge is -2.35. The summed E-state index contributed by atoms with van der Waals surface area (Å²) in [4.78, 5) is 33.6. The van der Waals surface area contributed by atoms with Crippen LogP contribution < -0.4 is 0 Å². The summed E-state index contributed by atoms with van der Waals surface area (Å²) < 4.78 is 0. The van der Waals surface area contributed by atoms with Gasteiger partial charge in [0, 0.05) is 24.5 Å². The van der Waals surface area contributed by atoms with E-state index in [0.717, 1.165) is 24.1 Å². The highest BCUT2D eigenvalue weighted by Crippen LogP contribution is 2.30. The zero-order valence-electron chi connectivity index (χ0n) is 14.4. The van der Waals surface area contributed by atoms with Crippen LogP contribution in [0.2, 0.25) is 0 Å². The second-order valence-corrected chi connectivity index (χ2v) is 7.74. The summed E-state index contributed by atoms with van der Waals surface area (Å²) in [5.41, 5.74) is 3.48. The second kappa shape index (κ2) is 7.07. The number of carbonyl (C=O) groups excluding carboxylic acids is 2. The molecule has 5 rings (SSSR count). The molecule has 136 valence electrons. The molecule has 26 heavy (non-hydrogen) atoms. The van der Waals surface area contributed by atoms with E-state index < -0.39 is 0 Å². The SMILES string of the molecule is O=C(Cc1cccc(O)c1)N1C[C@H]2CC[C@@H](C1)N(Cc1cscn1)C2=O. The van der Waals surface area contributed by atoms with Crippen molar-refractivity contribution in [1.29, 1.82) is 0 Å². The Kier molecular flexibility index (Phi) is 4.63. The molecule has 2 atom stereocenters. The molecule has 3 saturated heterocycles. The fraction of sp³-hybridized carbons (Fsp3) is 0.421. The van der Waals surface area contributed by atoms with Crippen molar-refractivity contribution in [3.8, 4) is 5.75 Å². The summed E-state index contributed by atoms with van der Waals surface area (Å²) in [6.45, 7) is 1.59. The summed E-state index contributed by atoms with van der Waals surface area (Å²) in [5.74, 6) is 0.189. The van der Waals surface area contributed by atoms with Crippen molar-refractivity contribution in [3.63, 3.8) is 0 Å². The van der Waals surface area contributed by atoms with Gasteiger partial charge in [-0.25, -0.2) is 4.98 Å². The Bertz CT molecular complexity index is 808. The lowest BCUT2D eigenvalue weighted by Crippen LogP contribution is -2.47. The Morgan fingerprint density at radius 3 is 2.96 bits per heavy atom. The molecule has 2 aromatic rings. The maximum absolute atomic E-state index is 12.8. The van der Waals surface area contributed by atoms with Crippen molar-refractivity contribution in [1.82, 2.24) is 14.8 Å². The highest BCUT2D eigenvalue weighted by Gasteiger charge is 2.41. The largest absolute Gasteiger partial charge is 0.508 e. The van der Waals surface area contributed by atoms with Crippen molar-refractivity contribution < 1.29 is 14.7 Å². The Hall–Kier alpha value is -2.41. The third-order valence-corrected chi connectivity index (χ3v) is 5.86. The maximum atomic E-state index is 12.8. The molecule has 0 radical (unpaired) electrons. The first kappa shape index (κ1) is 17.0. The van der Waals surface area contributed by atoms with Gasteiger partial charge in [0.25, 0.3) is 0 Å². The van der Waals surface area contributed by atoms with Crippen LogP contribution in [0.1, 0.15) is 24.1 Å². The number of phenolic OH excluding ortho intramolecular Hbond substituents is 1. The number of phenols is 1. The fourth-order valence-electron chi connectivity index (χ4n) is 3.90. The van der Waals surface area contributed by atoms with E-state index in [2.05, 4.69) is 4.98 Å². The monoisotopic (exact) mass is 371 g/mol. The van der Waals surface area contributed by atoms with E-state index in [1.807, 2.05) is 21.2 Å². The third kappa shape index (κ3) is 3.44. The molecular formula is C19H21N3O3S. The van der Waals surface area contributed by atoms with Crippen LogP contribution in [0, 0.1) is 5.92 Å². The zero-order valence-corrected chi connectivity index (χ0v) is 15.2. The normalized spacial score (nSPS) is 22.5. The highest BCUT2D eigenvalue weighted by atomic mass is 32.1. The summed E-state index contributed by atoms with van der Waals surface area (Å²) in [5, 5.41) is 11.6. The van der Waals surface area contributed by atoms with Crippen molar-refractivity contribution in [2.45, 2.75) is 31.8 Å². The number of nitrogens with zero attached hydrogens (tertiary/aromatic N) is 3. The van der Waals surface area contributed by atoms with Crippen LogP contribution in [-0.4, -0.2) is 50.8 Å². The molecular weight excluding hydrogens is 350 g/mol. The smallest absolute Gasteiger partial charge is 0.228 e. The van der Waals surface area contributed by atoms with Gasteiger partial charge in [-0.05, 0) is 30.5 Å². The Balaban J connectivity index is 1.48. The predicted molar refractivity (Wildman–Crippen MR) is 97.6 cm³/mol. The number of hydrogen-bond donors (Lipinski definition) is 1. The summed E-state index contributed by atoms with van der Waals surface area (Å²) >= 11 is 1.53. The number of rotatable bonds is 4. The summed E-state index contributed by atoms with van der Waals surface area (Å²) in [7, 11) is 0. The van der Waals surface area contributed by atoms with Crippen molar-refractivity contribution in [2.75, 3.05) is 13.1 Å². The van der Waals surface area contributed by atoms with Crippen LogP contribution in [0.25, 0.3) is 0 Å². The van der Waals surface area contributed by atoms with Gasteiger partial charge in [-0.3, -0.25) is 9.59 Å². The van der Waals surface area contributed by atoms with Crippen LogP contribution in [-0.2, 0) is 22.6 Å². The number of hydrogen-bond acceptors (Lipinski definition) is 5. The molecule has 3 aliphatic heterocycles. The van der Waals surface area contributed by atoms with E-state index >= 15 is 0 Å². The Labute approximate surface area is 156 Å². The number of thiazole rings is 1. The highest BCUT2D eigenvalue weighted by molar-refractivity contribution is 7.07. The minimum atomic E-state index is -0.125. The minimum Gasteiger partial charge on any atom is -0.508 e. The van der Waals surface area contributed by atoms with Gasteiger partial charge in [-0.15, -0.1) is 11.3 Å². The fourth-order valence-corrected chi connectivity index (χ4v) is 4.44. The first-order chi connectivity index (χ1) is 12.6. The van der Waals surface area contributed by atoms with Gasteiger partial charge >= 0.3 is 0 Å². The molecule has 0 saturated carbocycles. The molecule has 3 aliphatic rings. The third-order valence-electron chi connectivity index (χ3n) is 5.23. The van der Waals surface area contributed by atoms with Gasteiger partial charge in [0.05, 0.1) is 30.1 Å². The summed E-state index contributed by atoms with van der Waals surface area (Å²) in [6, 6.07) is 6.84. The van der Waals surface area contributed by atoms with Gasteiger partial charge in [0.15, 0.2) is 0 Å². The molecule has 6 nitrogen and oxygen atoms in total. The molecule has 0 aliphatic carbocycles. The number of piperidine rings is 1. The number of benzene rings is 1. The quantitative estimate of drug-likeness (QED) is 0.893. The van der Waals surface area contributed by atoms with Crippen LogP contribution in [0.5, 0.6) is 5.75 Å². The molecule has 3 fully saturated rings. The molecule has 0 unspecified atom stereocenters. The van der Waals surface area contributed by atoms with Crippen LogP contribution in [0.15, 0.2) is 35.2 Å². The average Bonchev–Trinajstić information content (AvgIpc) is 2.97. The lowest BCUT2D eigenvalue weighted by atomic mass is 9.94. The van der Waals surface area contributed by atoms with E-state index in [4.69, 9.17) is 0 Å². The van der Waals surface area contributed by atoms with Crippen LogP contribution in [0.4, 0.5) is 0 Å². The van der Waals surface area contributed by atoms with E-state index in [1.54, 1.807) is 23.7 Å². The second-order valence-electron chi connectivity index (χ2n) is 7.02. The molecule has 0 spiro atoms. The molecule has 1 aromatic heterocycles. The number of aromatic hydroxyl groups is 1.